The number of aromatic amines is 1. The van der Waals surface area contributed by atoms with Gasteiger partial charge in [0.2, 0.25) is 5.92 Å². The second-order valence-corrected chi connectivity index (χ2v) is 8.07. The number of nitrogens with one attached hydrogen (secondary N) is 2. The van der Waals surface area contributed by atoms with Gasteiger partial charge in [0.15, 0.2) is 5.82 Å². The van der Waals surface area contributed by atoms with Crippen molar-refractivity contribution in [2.24, 2.45) is 0 Å². The topological polar surface area (TPSA) is 99.9 Å². The van der Waals surface area contributed by atoms with Crippen molar-refractivity contribution in [2.75, 3.05) is 29.0 Å². The second kappa shape index (κ2) is 7.74. The van der Waals surface area contributed by atoms with E-state index in [1.54, 1.807) is 29.2 Å². The van der Waals surface area contributed by atoms with Gasteiger partial charge in [0, 0.05) is 42.4 Å². The van der Waals surface area contributed by atoms with E-state index >= 15 is 0 Å². The Balaban J connectivity index is 1.52. The SMILES string of the molecule is Nc1n[nH]c2ccc(NC(=O)c3cc4ccccc4nc3N3CCCC(F)(F)CC3)cc12. The maximum atomic E-state index is 13.9. The van der Waals surface area contributed by atoms with Gasteiger partial charge in [-0.05, 0) is 36.8 Å². The molecule has 4 aromatic rings. The fourth-order valence-electron chi connectivity index (χ4n) is 4.10. The summed E-state index contributed by atoms with van der Waals surface area (Å²) in [6.45, 7) is 0.550. The van der Waals surface area contributed by atoms with Gasteiger partial charge in [0.25, 0.3) is 5.91 Å². The lowest BCUT2D eigenvalue weighted by Gasteiger charge is -2.24. The molecule has 1 fully saturated rings. The molecule has 3 heterocycles. The van der Waals surface area contributed by atoms with Gasteiger partial charge >= 0.3 is 0 Å². The lowest BCUT2D eigenvalue weighted by molar-refractivity contribution is -0.0102. The number of amides is 1. The number of H-pyrrole nitrogens is 1. The number of anilines is 3. The first-order valence-electron chi connectivity index (χ1n) is 10.5. The summed E-state index contributed by atoms with van der Waals surface area (Å²) in [6, 6.07) is 14.5. The van der Waals surface area contributed by atoms with Gasteiger partial charge in [-0.1, -0.05) is 18.2 Å². The molecule has 9 heteroatoms. The fraction of sp³-hybridized carbons (Fsp3) is 0.261. The maximum absolute atomic E-state index is 13.9. The van der Waals surface area contributed by atoms with E-state index in [4.69, 9.17) is 10.7 Å². The van der Waals surface area contributed by atoms with Crippen molar-refractivity contribution < 1.29 is 13.6 Å². The summed E-state index contributed by atoms with van der Waals surface area (Å²) in [7, 11) is 0. The van der Waals surface area contributed by atoms with Gasteiger partial charge < -0.3 is 16.0 Å². The number of rotatable bonds is 3. The molecule has 7 nitrogen and oxygen atoms in total. The number of carbonyl (C=O) groups excluding carboxylic acids is 1. The van der Waals surface area contributed by atoms with Crippen LogP contribution in [-0.4, -0.2) is 40.1 Å². The van der Waals surface area contributed by atoms with Crippen molar-refractivity contribution >= 4 is 45.0 Å². The second-order valence-electron chi connectivity index (χ2n) is 8.07. The number of pyridine rings is 1. The molecule has 1 saturated heterocycles. The quantitative estimate of drug-likeness (QED) is 0.437. The molecule has 1 aliphatic heterocycles. The predicted octanol–water partition coefficient (Wildman–Crippen LogP) is 4.57. The molecule has 164 valence electrons. The van der Waals surface area contributed by atoms with Crippen molar-refractivity contribution in [1.82, 2.24) is 15.2 Å². The minimum atomic E-state index is -2.70. The third-order valence-electron chi connectivity index (χ3n) is 5.82. The zero-order valence-corrected chi connectivity index (χ0v) is 17.2. The average molecular weight is 436 g/mol. The van der Waals surface area contributed by atoms with Crippen LogP contribution >= 0.6 is 0 Å². The van der Waals surface area contributed by atoms with Crippen LogP contribution < -0.4 is 16.0 Å². The molecular formula is C23H22F2N6O. The van der Waals surface area contributed by atoms with Gasteiger partial charge in [0.05, 0.1) is 16.6 Å². The molecule has 0 saturated carbocycles. The van der Waals surface area contributed by atoms with E-state index in [0.29, 0.717) is 46.8 Å². The van der Waals surface area contributed by atoms with E-state index in [0.717, 1.165) is 10.9 Å². The van der Waals surface area contributed by atoms with Gasteiger partial charge in [0.1, 0.15) is 5.82 Å². The number of aromatic nitrogens is 3. The summed E-state index contributed by atoms with van der Waals surface area (Å²) >= 11 is 0. The van der Waals surface area contributed by atoms with Crippen molar-refractivity contribution in [2.45, 2.75) is 25.2 Å². The Labute approximate surface area is 182 Å². The summed E-state index contributed by atoms with van der Waals surface area (Å²) in [5.74, 6) is -2.30. The number of hydrogen-bond acceptors (Lipinski definition) is 5. The highest BCUT2D eigenvalue weighted by molar-refractivity contribution is 6.10. The summed E-state index contributed by atoms with van der Waals surface area (Å²) < 4.78 is 27.9. The molecule has 0 aliphatic carbocycles. The maximum Gasteiger partial charge on any atom is 0.259 e. The minimum Gasteiger partial charge on any atom is -0.382 e. The minimum absolute atomic E-state index is 0.135. The molecule has 0 radical (unpaired) electrons. The number of para-hydroxylation sites is 1. The number of nitrogens with zero attached hydrogens (tertiary/aromatic N) is 3. The number of benzene rings is 2. The Bertz CT molecular complexity index is 1320. The molecule has 0 unspecified atom stereocenters. The summed E-state index contributed by atoms with van der Waals surface area (Å²) in [6.07, 6.45) is -0.0945. The van der Waals surface area contributed by atoms with Crippen LogP contribution in [0.5, 0.6) is 0 Å². The van der Waals surface area contributed by atoms with Gasteiger partial charge in [-0.2, -0.15) is 5.10 Å². The van der Waals surface area contributed by atoms with Crippen molar-refractivity contribution in [3.63, 3.8) is 0 Å². The number of alkyl halides is 2. The molecule has 5 rings (SSSR count). The lowest BCUT2D eigenvalue weighted by atomic mass is 10.1. The van der Waals surface area contributed by atoms with E-state index in [-0.39, 0.29) is 25.3 Å². The van der Waals surface area contributed by atoms with Crippen LogP contribution in [0.3, 0.4) is 0 Å². The Morgan fingerprint density at radius 2 is 1.97 bits per heavy atom. The van der Waals surface area contributed by atoms with Crippen LogP contribution in [0.4, 0.5) is 26.1 Å². The first-order chi connectivity index (χ1) is 15.4. The molecule has 0 spiro atoms. The lowest BCUT2D eigenvalue weighted by Crippen LogP contribution is -2.29. The number of nitrogens with two attached hydrogens (primary N) is 1. The first-order valence-corrected chi connectivity index (χ1v) is 10.5. The Morgan fingerprint density at radius 1 is 1.12 bits per heavy atom. The van der Waals surface area contributed by atoms with E-state index < -0.39 is 5.92 Å². The van der Waals surface area contributed by atoms with Crippen LogP contribution in [0.15, 0.2) is 48.5 Å². The summed E-state index contributed by atoms with van der Waals surface area (Å²) in [5.41, 5.74) is 8.24. The van der Waals surface area contributed by atoms with Crippen LogP contribution in [0.2, 0.25) is 0 Å². The van der Waals surface area contributed by atoms with Crippen molar-refractivity contribution in [1.29, 1.82) is 0 Å². The summed E-state index contributed by atoms with van der Waals surface area (Å²) in [5, 5.41) is 11.2. The number of carbonyl (C=O) groups is 1. The van der Waals surface area contributed by atoms with Crippen LogP contribution in [0.1, 0.15) is 29.6 Å². The van der Waals surface area contributed by atoms with E-state index in [9.17, 15) is 13.6 Å². The number of halogens is 2. The molecular weight excluding hydrogens is 414 g/mol. The highest BCUT2D eigenvalue weighted by atomic mass is 19.3. The van der Waals surface area contributed by atoms with Gasteiger partial charge in [-0.25, -0.2) is 13.8 Å². The molecule has 1 amide bonds. The number of fused-ring (bicyclic) bond motifs is 2. The standard InChI is InChI=1S/C23H22F2N6O/c24-23(25)8-3-10-31(11-9-23)21-17(12-14-4-1-2-5-18(14)28-21)22(32)27-15-6-7-19-16(13-15)20(26)30-29-19/h1-2,4-7,12-13H,3,8-11H2,(H,27,32)(H3,26,29,30). The zero-order valence-electron chi connectivity index (χ0n) is 17.2. The highest BCUT2D eigenvalue weighted by Gasteiger charge is 2.33. The Kier molecular flexibility index (Phi) is 4.88. The Morgan fingerprint density at radius 3 is 2.84 bits per heavy atom. The first kappa shape index (κ1) is 20.2. The van der Waals surface area contributed by atoms with Crippen LogP contribution in [-0.2, 0) is 0 Å². The van der Waals surface area contributed by atoms with Crippen molar-refractivity contribution in [3.8, 4) is 0 Å². The molecule has 2 aromatic carbocycles. The van der Waals surface area contributed by atoms with E-state index in [2.05, 4.69) is 15.5 Å². The van der Waals surface area contributed by atoms with E-state index in [1.165, 1.54) is 0 Å². The van der Waals surface area contributed by atoms with Crippen LogP contribution in [0, 0.1) is 0 Å². The monoisotopic (exact) mass is 436 g/mol. The zero-order chi connectivity index (χ0) is 22.3. The molecule has 32 heavy (non-hydrogen) atoms. The number of hydrogen-bond donors (Lipinski definition) is 3. The molecule has 0 atom stereocenters. The third-order valence-corrected chi connectivity index (χ3v) is 5.82. The molecule has 2 aromatic heterocycles. The molecule has 1 aliphatic rings. The smallest absolute Gasteiger partial charge is 0.259 e. The average Bonchev–Trinajstić information content (AvgIpc) is 3.04. The van der Waals surface area contributed by atoms with E-state index in [1.807, 2.05) is 24.3 Å². The van der Waals surface area contributed by atoms with Gasteiger partial charge in [-0.3, -0.25) is 9.89 Å². The fourth-order valence-corrected chi connectivity index (χ4v) is 4.10. The number of nitrogen functional groups attached to an aromatic ring is 1. The third kappa shape index (κ3) is 3.81. The Hall–Kier alpha value is -3.75. The molecule has 4 N–H and O–H groups in total. The highest BCUT2D eigenvalue weighted by Crippen LogP contribution is 2.32. The summed E-state index contributed by atoms with van der Waals surface area (Å²) in [4.78, 5) is 19.8. The largest absolute Gasteiger partial charge is 0.382 e. The van der Waals surface area contributed by atoms with Crippen molar-refractivity contribution in [3.05, 3.63) is 54.1 Å². The predicted molar refractivity (Wildman–Crippen MR) is 121 cm³/mol. The van der Waals surface area contributed by atoms with Gasteiger partial charge in [-0.15, -0.1) is 0 Å². The van der Waals surface area contributed by atoms with Crippen LogP contribution in [0.25, 0.3) is 21.8 Å². The normalized spacial score (nSPS) is 16.2. The molecule has 0 bridgehead atoms.